The minimum atomic E-state index is 1.13. The Labute approximate surface area is 107 Å². The highest BCUT2D eigenvalue weighted by molar-refractivity contribution is 7.15. The van der Waals surface area contributed by atoms with Crippen LogP contribution < -0.4 is 0 Å². The summed E-state index contributed by atoms with van der Waals surface area (Å²) in [5.74, 6) is 0. The fourth-order valence-corrected chi connectivity index (χ4v) is 3.39. The maximum atomic E-state index is 3.06. The van der Waals surface area contributed by atoms with E-state index in [1.54, 1.807) is 0 Å². The Morgan fingerprint density at radius 1 is 1.06 bits per heavy atom. The van der Waals surface area contributed by atoms with Crippen molar-refractivity contribution < 1.29 is 0 Å². The Hall–Kier alpha value is -1.12. The van der Waals surface area contributed by atoms with Crippen molar-refractivity contribution in [1.29, 1.82) is 0 Å². The van der Waals surface area contributed by atoms with E-state index in [-0.39, 0.29) is 0 Å². The molecule has 0 spiro atoms. The molecular weight excluding hydrogens is 226 g/mol. The molecule has 0 aliphatic carbocycles. The molecule has 1 aromatic heterocycles. The lowest BCUT2D eigenvalue weighted by atomic mass is 10.2. The average molecular weight is 242 g/mol. The molecule has 0 bridgehead atoms. The Kier molecular flexibility index (Phi) is 3.25. The minimum Gasteiger partial charge on any atom is -0.298 e. The first-order chi connectivity index (χ1) is 8.42. The summed E-state index contributed by atoms with van der Waals surface area (Å²) >= 11 is 1.92. The van der Waals surface area contributed by atoms with Crippen molar-refractivity contribution in [1.82, 2.24) is 4.90 Å². The SMILES string of the molecule is [c]1ccc(-c2ccc(CN3CCCC3)s2)cc1. The molecule has 1 aliphatic heterocycles. The number of hydrogen-bond acceptors (Lipinski definition) is 2. The second-order valence-electron chi connectivity index (χ2n) is 4.54. The van der Waals surface area contributed by atoms with Gasteiger partial charge < -0.3 is 0 Å². The molecule has 2 heteroatoms. The highest BCUT2D eigenvalue weighted by Gasteiger charge is 2.12. The number of rotatable bonds is 3. The summed E-state index contributed by atoms with van der Waals surface area (Å²) in [6.07, 6.45) is 2.74. The van der Waals surface area contributed by atoms with Crippen molar-refractivity contribution in [3.8, 4) is 10.4 Å². The molecule has 1 saturated heterocycles. The van der Waals surface area contributed by atoms with E-state index in [4.69, 9.17) is 0 Å². The van der Waals surface area contributed by atoms with Gasteiger partial charge in [-0.1, -0.05) is 24.3 Å². The minimum absolute atomic E-state index is 1.13. The molecule has 0 unspecified atom stereocenters. The van der Waals surface area contributed by atoms with Gasteiger partial charge in [-0.05, 0) is 49.7 Å². The zero-order chi connectivity index (χ0) is 11.5. The first kappa shape index (κ1) is 11.0. The van der Waals surface area contributed by atoms with Crippen LogP contribution in [0.5, 0.6) is 0 Å². The Morgan fingerprint density at radius 3 is 2.59 bits per heavy atom. The predicted molar refractivity (Wildman–Crippen MR) is 73.1 cm³/mol. The maximum Gasteiger partial charge on any atom is 0.0346 e. The summed E-state index contributed by atoms with van der Waals surface area (Å²) in [5, 5.41) is 0. The Bertz CT molecular complexity index is 469. The monoisotopic (exact) mass is 242 g/mol. The Morgan fingerprint density at radius 2 is 1.82 bits per heavy atom. The summed E-state index contributed by atoms with van der Waals surface area (Å²) in [6, 6.07) is 15.8. The van der Waals surface area contributed by atoms with E-state index in [9.17, 15) is 0 Å². The third-order valence-electron chi connectivity index (χ3n) is 3.24. The van der Waals surface area contributed by atoms with E-state index in [2.05, 4.69) is 35.2 Å². The van der Waals surface area contributed by atoms with Gasteiger partial charge in [-0.3, -0.25) is 4.90 Å². The van der Waals surface area contributed by atoms with Gasteiger partial charge in [0, 0.05) is 16.3 Å². The summed E-state index contributed by atoms with van der Waals surface area (Å²) in [5.41, 5.74) is 1.31. The zero-order valence-electron chi connectivity index (χ0n) is 9.86. The zero-order valence-corrected chi connectivity index (χ0v) is 10.7. The molecular formula is C15H16NS. The van der Waals surface area contributed by atoms with Crippen molar-refractivity contribution in [2.24, 2.45) is 0 Å². The molecule has 2 heterocycles. The van der Waals surface area contributed by atoms with Crippen LogP contribution in [0.2, 0.25) is 0 Å². The lowest BCUT2D eigenvalue weighted by molar-refractivity contribution is 0.334. The van der Waals surface area contributed by atoms with Crippen LogP contribution in [-0.2, 0) is 6.54 Å². The van der Waals surface area contributed by atoms with Gasteiger partial charge in [-0.25, -0.2) is 0 Å². The molecule has 2 aromatic rings. The van der Waals surface area contributed by atoms with E-state index in [0.717, 1.165) is 6.54 Å². The van der Waals surface area contributed by atoms with Crippen molar-refractivity contribution in [3.05, 3.63) is 47.3 Å². The van der Waals surface area contributed by atoms with Crippen LogP contribution in [0.4, 0.5) is 0 Å². The highest BCUT2D eigenvalue weighted by Crippen LogP contribution is 2.29. The smallest absolute Gasteiger partial charge is 0.0346 e. The summed E-state index contributed by atoms with van der Waals surface area (Å²) in [4.78, 5) is 5.40. The van der Waals surface area contributed by atoms with Gasteiger partial charge in [-0.2, -0.15) is 0 Å². The van der Waals surface area contributed by atoms with Gasteiger partial charge >= 0.3 is 0 Å². The van der Waals surface area contributed by atoms with Crippen molar-refractivity contribution in [2.45, 2.75) is 19.4 Å². The van der Waals surface area contributed by atoms with Crippen LogP contribution in [0.25, 0.3) is 10.4 Å². The lowest BCUT2D eigenvalue weighted by Gasteiger charge is -2.12. The van der Waals surface area contributed by atoms with Crippen LogP contribution >= 0.6 is 11.3 Å². The number of hydrogen-bond donors (Lipinski definition) is 0. The fraction of sp³-hybridized carbons (Fsp3) is 0.333. The first-order valence-corrected chi connectivity index (χ1v) is 7.01. The molecule has 0 saturated carbocycles. The summed E-state index contributed by atoms with van der Waals surface area (Å²) < 4.78 is 0. The molecule has 0 N–H and O–H groups in total. The normalized spacial score (nSPS) is 16.5. The molecule has 1 radical (unpaired) electrons. The standard InChI is InChI=1S/C15H16NS/c1-2-6-13(7-3-1)15-9-8-14(17-15)12-16-10-4-5-11-16/h2-3,6-9H,4-5,10-12H2. The predicted octanol–water partition coefficient (Wildman–Crippen LogP) is 3.81. The summed E-state index contributed by atoms with van der Waals surface area (Å²) in [7, 11) is 0. The van der Waals surface area contributed by atoms with Gasteiger partial charge in [0.1, 0.15) is 0 Å². The first-order valence-electron chi connectivity index (χ1n) is 6.19. The number of likely N-dealkylation sites (tertiary alicyclic amines) is 1. The maximum absolute atomic E-state index is 3.06. The largest absolute Gasteiger partial charge is 0.298 e. The van der Waals surface area contributed by atoms with E-state index in [1.807, 2.05) is 23.5 Å². The molecule has 0 atom stereocenters. The third-order valence-corrected chi connectivity index (χ3v) is 4.36. The van der Waals surface area contributed by atoms with Crippen LogP contribution in [0.1, 0.15) is 17.7 Å². The Balaban J connectivity index is 1.74. The quantitative estimate of drug-likeness (QED) is 0.791. The summed E-state index contributed by atoms with van der Waals surface area (Å²) in [6.45, 7) is 3.67. The topological polar surface area (TPSA) is 3.24 Å². The molecule has 87 valence electrons. The molecule has 3 rings (SSSR count). The molecule has 17 heavy (non-hydrogen) atoms. The van der Waals surface area contributed by atoms with Gasteiger partial charge in [0.2, 0.25) is 0 Å². The van der Waals surface area contributed by atoms with E-state index < -0.39 is 0 Å². The molecule has 1 nitrogen and oxygen atoms in total. The highest BCUT2D eigenvalue weighted by atomic mass is 32.1. The van der Waals surface area contributed by atoms with Crippen LogP contribution in [-0.4, -0.2) is 18.0 Å². The second kappa shape index (κ2) is 5.03. The number of nitrogens with zero attached hydrogens (tertiary/aromatic N) is 1. The third kappa shape index (κ3) is 2.59. The molecule has 1 fully saturated rings. The van der Waals surface area contributed by atoms with Crippen molar-refractivity contribution in [2.75, 3.05) is 13.1 Å². The van der Waals surface area contributed by atoms with Gasteiger partial charge in [-0.15, -0.1) is 11.3 Å². The van der Waals surface area contributed by atoms with Gasteiger partial charge in [0.15, 0.2) is 0 Å². The van der Waals surface area contributed by atoms with Crippen molar-refractivity contribution >= 4 is 11.3 Å². The van der Waals surface area contributed by atoms with Crippen LogP contribution in [0.3, 0.4) is 0 Å². The fourth-order valence-electron chi connectivity index (χ4n) is 2.33. The second-order valence-corrected chi connectivity index (χ2v) is 5.71. The molecule has 1 aliphatic rings. The van der Waals surface area contributed by atoms with Gasteiger partial charge in [0.05, 0.1) is 0 Å². The molecule has 1 aromatic carbocycles. The van der Waals surface area contributed by atoms with Crippen LogP contribution in [0.15, 0.2) is 36.4 Å². The average Bonchev–Trinajstić information content (AvgIpc) is 3.02. The number of thiophene rings is 1. The molecule has 0 amide bonds. The van der Waals surface area contributed by atoms with Gasteiger partial charge in [0.25, 0.3) is 0 Å². The van der Waals surface area contributed by atoms with E-state index >= 15 is 0 Å². The van der Waals surface area contributed by atoms with Crippen LogP contribution in [0, 0.1) is 6.07 Å². The lowest BCUT2D eigenvalue weighted by Crippen LogP contribution is -2.17. The van der Waals surface area contributed by atoms with E-state index in [0.29, 0.717) is 0 Å². The number of benzene rings is 1. The van der Waals surface area contributed by atoms with E-state index in [1.165, 1.54) is 41.2 Å². The van der Waals surface area contributed by atoms with Crippen molar-refractivity contribution in [3.63, 3.8) is 0 Å².